The number of oxime groups is 1. The summed E-state index contributed by atoms with van der Waals surface area (Å²) in [6.07, 6.45) is 5.09. The first-order chi connectivity index (χ1) is 16.9. The predicted molar refractivity (Wildman–Crippen MR) is 116 cm³/mol. The average molecular weight is 499 g/mol. The number of carboxylic acids is 1. The molecule has 0 radical (unpaired) electrons. The second-order valence-electron chi connectivity index (χ2n) is 7.54. The molecule has 3 aromatic rings. The number of nitrogens with two attached hydrogens (primary N) is 1. The number of carbonyl (C=O) groups is 3. The molecule has 5 rings (SSSR count). The quantitative estimate of drug-likeness (QED) is 0.160. The third-order valence-electron chi connectivity index (χ3n) is 5.41. The maximum absolute atomic E-state index is 12.9. The van der Waals surface area contributed by atoms with E-state index in [0.717, 1.165) is 10.3 Å². The van der Waals surface area contributed by atoms with Gasteiger partial charge in [0, 0.05) is 22.8 Å². The van der Waals surface area contributed by atoms with E-state index in [1.54, 1.807) is 23.2 Å². The summed E-state index contributed by atoms with van der Waals surface area (Å²) < 4.78 is 11.8. The van der Waals surface area contributed by atoms with Crippen LogP contribution >= 0.6 is 11.8 Å². The topological polar surface area (TPSA) is 193 Å². The lowest BCUT2D eigenvalue weighted by Crippen LogP contribution is -2.71. The minimum Gasteiger partial charge on any atom is -0.543 e. The number of rotatable bonds is 7. The molecule has 2 amide bonds. The van der Waals surface area contributed by atoms with Crippen LogP contribution in [0.15, 0.2) is 56.2 Å². The van der Waals surface area contributed by atoms with Crippen molar-refractivity contribution in [2.75, 3.05) is 18.6 Å². The monoisotopic (exact) mass is 499 g/mol. The summed E-state index contributed by atoms with van der Waals surface area (Å²) in [6.45, 7) is 0.213. The lowest BCUT2D eigenvalue weighted by Gasteiger charge is -2.50. The van der Waals surface area contributed by atoms with Gasteiger partial charge < -0.3 is 34.7 Å². The standard InChI is InChI=1S/C20H17N7O7S/c1-32-24-12(15-23-20(21)34-25-15)16(28)22-13-17(29)27-14(19(30)31)10(8-35-18(13)27)6-26-4-2-9-3-5-33-11(9)7-26/h2-5,7,13,18H,6,8H2,1H3,(H3-,21,22,23,25,28,30,31)/b24-12-/t13?,18-/m1/s1. The first-order valence-corrected chi connectivity index (χ1v) is 11.2. The number of nitrogens with one attached hydrogen (secondary N) is 1. The van der Waals surface area contributed by atoms with Crippen LogP contribution < -0.4 is 20.7 Å². The molecule has 14 nitrogen and oxygen atoms in total. The van der Waals surface area contributed by atoms with Gasteiger partial charge in [0.25, 0.3) is 11.8 Å². The third kappa shape index (κ3) is 3.95. The van der Waals surface area contributed by atoms with Crippen molar-refractivity contribution in [3.05, 3.63) is 47.9 Å². The van der Waals surface area contributed by atoms with Crippen molar-refractivity contribution in [2.45, 2.75) is 18.0 Å². The van der Waals surface area contributed by atoms with Gasteiger partial charge in [-0.3, -0.25) is 14.5 Å². The molecule has 0 aliphatic carbocycles. The molecule has 180 valence electrons. The van der Waals surface area contributed by atoms with E-state index in [0.29, 0.717) is 16.9 Å². The van der Waals surface area contributed by atoms with Crippen molar-refractivity contribution in [2.24, 2.45) is 5.16 Å². The van der Waals surface area contributed by atoms with E-state index in [-0.39, 0.29) is 29.8 Å². The number of carbonyl (C=O) groups excluding carboxylic acids is 3. The molecule has 5 heterocycles. The van der Waals surface area contributed by atoms with Gasteiger partial charge in [-0.25, -0.2) is 0 Å². The van der Waals surface area contributed by atoms with Crippen LogP contribution in [0.1, 0.15) is 5.82 Å². The molecule has 2 atom stereocenters. The van der Waals surface area contributed by atoms with Crippen LogP contribution in [0.3, 0.4) is 0 Å². The number of hydrogen-bond acceptors (Lipinski definition) is 12. The van der Waals surface area contributed by atoms with E-state index in [9.17, 15) is 19.5 Å². The molecular weight excluding hydrogens is 482 g/mol. The normalized spacial score (nSPS) is 20.0. The van der Waals surface area contributed by atoms with E-state index in [1.807, 2.05) is 12.1 Å². The van der Waals surface area contributed by atoms with Gasteiger partial charge in [-0.2, -0.15) is 9.55 Å². The molecule has 2 aliphatic rings. The molecule has 0 saturated carbocycles. The maximum atomic E-state index is 12.9. The van der Waals surface area contributed by atoms with Crippen molar-refractivity contribution >= 4 is 52.2 Å². The van der Waals surface area contributed by atoms with Crippen molar-refractivity contribution in [1.29, 1.82) is 0 Å². The summed E-state index contributed by atoms with van der Waals surface area (Å²) in [7, 11) is 1.21. The third-order valence-corrected chi connectivity index (χ3v) is 6.75. The summed E-state index contributed by atoms with van der Waals surface area (Å²) in [5.74, 6) is -2.84. The number of aromatic nitrogens is 3. The summed E-state index contributed by atoms with van der Waals surface area (Å²) in [4.78, 5) is 47.2. The Balaban J connectivity index is 1.36. The number of anilines is 1. The summed E-state index contributed by atoms with van der Waals surface area (Å²) in [6, 6.07) is 2.36. The van der Waals surface area contributed by atoms with E-state index in [4.69, 9.17) is 10.2 Å². The Hall–Kier alpha value is -4.40. The molecule has 15 heteroatoms. The summed E-state index contributed by atoms with van der Waals surface area (Å²) in [5, 5.41) is 21.9. The van der Waals surface area contributed by atoms with E-state index >= 15 is 0 Å². The second-order valence-corrected chi connectivity index (χ2v) is 8.64. The van der Waals surface area contributed by atoms with Gasteiger partial charge in [0.2, 0.25) is 17.7 Å². The molecule has 0 bridgehead atoms. The van der Waals surface area contributed by atoms with Crippen molar-refractivity contribution in [1.82, 2.24) is 20.4 Å². The van der Waals surface area contributed by atoms with Crippen molar-refractivity contribution in [3.8, 4) is 0 Å². The molecule has 1 fully saturated rings. The first-order valence-electron chi connectivity index (χ1n) is 10.1. The lowest BCUT2D eigenvalue weighted by atomic mass is 10.0. The Morgan fingerprint density at radius 1 is 1.46 bits per heavy atom. The highest BCUT2D eigenvalue weighted by Gasteiger charge is 2.53. The molecule has 2 aliphatic heterocycles. The minimum atomic E-state index is -1.48. The van der Waals surface area contributed by atoms with Gasteiger partial charge in [0.15, 0.2) is 18.3 Å². The summed E-state index contributed by atoms with van der Waals surface area (Å²) in [5.41, 5.74) is 5.95. The van der Waals surface area contributed by atoms with Crippen molar-refractivity contribution in [3.63, 3.8) is 0 Å². The number of amides is 2. The molecule has 1 saturated heterocycles. The number of hydrogen-bond donors (Lipinski definition) is 2. The highest BCUT2D eigenvalue weighted by Crippen LogP contribution is 2.40. The second kappa shape index (κ2) is 8.75. The average Bonchev–Trinajstić information content (AvgIpc) is 3.48. The number of nitrogen functional groups attached to an aromatic ring is 1. The van der Waals surface area contributed by atoms with Gasteiger partial charge in [0.1, 0.15) is 18.5 Å². The van der Waals surface area contributed by atoms with Crippen LogP contribution in [-0.2, 0) is 25.8 Å². The van der Waals surface area contributed by atoms with Crippen LogP contribution in [0.2, 0.25) is 0 Å². The molecule has 0 aromatic carbocycles. The number of carboxylic acid groups (broad SMARTS) is 1. The largest absolute Gasteiger partial charge is 0.543 e. The number of β-lactam (4-membered cyclic amide) rings is 1. The van der Waals surface area contributed by atoms with Gasteiger partial charge in [-0.15, -0.1) is 11.8 Å². The minimum absolute atomic E-state index is 0.213. The number of pyridine rings is 1. The fourth-order valence-corrected chi connectivity index (χ4v) is 5.21. The van der Waals surface area contributed by atoms with E-state index in [1.165, 1.54) is 18.9 Å². The molecule has 0 spiro atoms. The molecule has 1 unspecified atom stereocenters. The fraction of sp³-hybridized carbons (Fsp3) is 0.250. The zero-order valence-electron chi connectivity index (χ0n) is 18.0. The molecule has 3 aromatic heterocycles. The van der Waals surface area contributed by atoms with Crippen LogP contribution in [0.5, 0.6) is 0 Å². The zero-order valence-corrected chi connectivity index (χ0v) is 18.9. The Morgan fingerprint density at radius 2 is 2.29 bits per heavy atom. The number of furan rings is 1. The van der Waals surface area contributed by atoms with E-state index in [2.05, 4.69) is 30.0 Å². The lowest BCUT2D eigenvalue weighted by molar-refractivity contribution is -0.688. The molecule has 35 heavy (non-hydrogen) atoms. The van der Waals surface area contributed by atoms with Gasteiger partial charge in [-0.05, 0) is 6.07 Å². The van der Waals surface area contributed by atoms with Crippen LogP contribution in [0, 0.1) is 0 Å². The number of nitrogens with zero attached hydrogens (tertiary/aromatic N) is 5. The smallest absolute Gasteiger partial charge is 0.319 e. The van der Waals surface area contributed by atoms with Crippen LogP contribution in [0.4, 0.5) is 6.01 Å². The first kappa shape index (κ1) is 22.4. The fourth-order valence-electron chi connectivity index (χ4n) is 3.87. The van der Waals surface area contributed by atoms with E-state index < -0.39 is 29.2 Å². The Labute approximate surface area is 200 Å². The van der Waals surface area contributed by atoms with Crippen LogP contribution in [-0.4, -0.2) is 62.8 Å². The van der Waals surface area contributed by atoms with Crippen LogP contribution in [0.25, 0.3) is 11.0 Å². The Morgan fingerprint density at radius 3 is 3.00 bits per heavy atom. The number of fused-ring (bicyclic) bond motifs is 2. The predicted octanol–water partition coefficient (Wildman–Crippen LogP) is -1.86. The highest BCUT2D eigenvalue weighted by atomic mass is 32.2. The highest BCUT2D eigenvalue weighted by molar-refractivity contribution is 8.00. The Kier molecular flexibility index (Phi) is 5.60. The Bertz CT molecular complexity index is 1410. The SMILES string of the molecule is CO/N=C(\C(=O)NC1C(=O)N2C(C(=O)[O-])=C(C[n+]3ccc4ccoc4c3)CS[C@H]12)c1noc(N)n1. The number of aliphatic carboxylic acids is 1. The van der Waals surface area contributed by atoms with Gasteiger partial charge >= 0.3 is 6.01 Å². The van der Waals surface area contributed by atoms with Gasteiger partial charge in [0.05, 0.1) is 17.9 Å². The van der Waals surface area contributed by atoms with Crippen molar-refractivity contribution < 1.29 is 37.8 Å². The summed E-state index contributed by atoms with van der Waals surface area (Å²) >= 11 is 1.31. The zero-order chi connectivity index (χ0) is 24.7. The maximum Gasteiger partial charge on any atom is 0.319 e. The molecule has 3 N–H and O–H groups in total. The molecular formula is C20H17N7O7S. The van der Waals surface area contributed by atoms with Gasteiger partial charge in [-0.1, -0.05) is 10.3 Å². The number of thioether (sulfide) groups is 1.